The van der Waals surface area contributed by atoms with Crippen LogP contribution in [0.2, 0.25) is 0 Å². The van der Waals surface area contributed by atoms with Crippen molar-refractivity contribution in [3.05, 3.63) is 47.8 Å². The number of aromatic nitrogens is 2. The lowest BCUT2D eigenvalue weighted by Gasteiger charge is -2.08. The largest absolute Gasteiger partial charge is 0.424 e. The molecule has 0 aliphatic rings. The molecule has 4 nitrogen and oxygen atoms in total. The number of hydrogen-bond donors (Lipinski definition) is 1. The lowest BCUT2D eigenvalue weighted by atomic mass is 10.1. The van der Waals surface area contributed by atoms with Gasteiger partial charge in [0.1, 0.15) is 5.75 Å². The van der Waals surface area contributed by atoms with Crippen LogP contribution in [0.1, 0.15) is 18.1 Å². The first-order valence-corrected chi connectivity index (χ1v) is 6.04. The van der Waals surface area contributed by atoms with E-state index in [-0.39, 0.29) is 0 Å². The van der Waals surface area contributed by atoms with Crippen molar-refractivity contribution >= 4 is 0 Å². The minimum Gasteiger partial charge on any atom is -0.424 e. The van der Waals surface area contributed by atoms with Crippen LogP contribution >= 0.6 is 0 Å². The van der Waals surface area contributed by atoms with Crippen molar-refractivity contribution < 1.29 is 4.74 Å². The van der Waals surface area contributed by atoms with Crippen molar-refractivity contribution in [3.8, 4) is 11.8 Å². The quantitative estimate of drug-likeness (QED) is 0.876. The van der Waals surface area contributed by atoms with Crippen LogP contribution in [-0.4, -0.2) is 17.0 Å². The van der Waals surface area contributed by atoms with Gasteiger partial charge >= 0.3 is 6.01 Å². The third-order valence-electron chi connectivity index (χ3n) is 2.62. The molecule has 0 saturated heterocycles. The van der Waals surface area contributed by atoms with E-state index < -0.39 is 0 Å². The van der Waals surface area contributed by atoms with E-state index in [1.54, 1.807) is 12.4 Å². The predicted molar refractivity (Wildman–Crippen MR) is 70.7 cm³/mol. The van der Waals surface area contributed by atoms with Crippen molar-refractivity contribution in [2.45, 2.75) is 19.9 Å². The highest BCUT2D eigenvalue weighted by molar-refractivity contribution is 5.34. The Morgan fingerprint density at radius 2 is 1.89 bits per heavy atom. The first-order chi connectivity index (χ1) is 8.83. The van der Waals surface area contributed by atoms with E-state index >= 15 is 0 Å². The van der Waals surface area contributed by atoms with Gasteiger partial charge in [-0.3, -0.25) is 0 Å². The molecular weight excluding hydrogens is 226 g/mol. The molecule has 0 bridgehead atoms. The predicted octanol–water partition coefficient (Wildman–Crippen LogP) is 2.55. The molecule has 0 saturated carbocycles. The topological polar surface area (TPSA) is 47.0 Å². The van der Waals surface area contributed by atoms with Gasteiger partial charge in [0.25, 0.3) is 0 Å². The molecule has 0 unspecified atom stereocenters. The Balaban J connectivity index is 2.13. The minimum absolute atomic E-state index is 0.385. The first kappa shape index (κ1) is 12.5. The smallest absolute Gasteiger partial charge is 0.321 e. The van der Waals surface area contributed by atoms with E-state index in [1.807, 2.05) is 31.3 Å². The van der Waals surface area contributed by atoms with Gasteiger partial charge in [-0.1, -0.05) is 25.1 Å². The summed E-state index contributed by atoms with van der Waals surface area (Å²) in [5, 5.41) is 3.05. The van der Waals surface area contributed by atoms with Crippen LogP contribution in [0.15, 0.2) is 36.7 Å². The molecule has 0 spiro atoms. The van der Waals surface area contributed by atoms with E-state index in [1.165, 1.54) is 0 Å². The molecule has 2 rings (SSSR count). The summed E-state index contributed by atoms with van der Waals surface area (Å²) in [6.45, 7) is 2.85. The van der Waals surface area contributed by atoms with E-state index in [2.05, 4.69) is 22.2 Å². The van der Waals surface area contributed by atoms with Gasteiger partial charge < -0.3 is 10.1 Å². The maximum absolute atomic E-state index is 5.69. The second-order valence-corrected chi connectivity index (χ2v) is 3.97. The minimum atomic E-state index is 0.385. The fraction of sp³-hybridized carbons (Fsp3) is 0.286. The maximum atomic E-state index is 5.69. The van der Waals surface area contributed by atoms with Crippen molar-refractivity contribution in [1.29, 1.82) is 0 Å². The lowest BCUT2D eigenvalue weighted by molar-refractivity contribution is 0.436. The Morgan fingerprint density at radius 1 is 1.17 bits per heavy atom. The molecular formula is C14H17N3O. The molecule has 0 radical (unpaired) electrons. The summed E-state index contributed by atoms with van der Waals surface area (Å²) in [5.74, 6) is 0.821. The highest BCUT2D eigenvalue weighted by Gasteiger charge is 2.04. The zero-order valence-electron chi connectivity index (χ0n) is 10.7. The number of hydrogen-bond acceptors (Lipinski definition) is 4. The van der Waals surface area contributed by atoms with Crippen LogP contribution in [0, 0.1) is 0 Å². The van der Waals surface area contributed by atoms with E-state index in [9.17, 15) is 0 Å². The van der Waals surface area contributed by atoms with E-state index in [0.29, 0.717) is 6.01 Å². The third-order valence-corrected chi connectivity index (χ3v) is 2.62. The summed E-state index contributed by atoms with van der Waals surface area (Å²) >= 11 is 0. The maximum Gasteiger partial charge on any atom is 0.321 e. The Bertz CT molecular complexity index is 497. The third kappa shape index (κ3) is 3.05. The summed E-state index contributed by atoms with van der Waals surface area (Å²) in [7, 11) is 1.89. The molecule has 1 heterocycles. The molecule has 1 N–H and O–H groups in total. The van der Waals surface area contributed by atoms with Crippen molar-refractivity contribution in [2.75, 3.05) is 7.05 Å². The standard InChI is InChI=1S/C14H17N3O/c1-3-12-6-4-5-7-13(12)18-14-16-9-11(8-15-2)10-17-14/h4-7,9-10,15H,3,8H2,1-2H3. The van der Waals surface area contributed by atoms with Crippen molar-refractivity contribution in [3.63, 3.8) is 0 Å². The monoisotopic (exact) mass is 243 g/mol. The Kier molecular flexibility index (Phi) is 4.25. The molecule has 0 aliphatic carbocycles. The molecule has 0 fully saturated rings. The number of rotatable bonds is 5. The Morgan fingerprint density at radius 3 is 2.56 bits per heavy atom. The van der Waals surface area contributed by atoms with Gasteiger partial charge in [-0.15, -0.1) is 0 Å². The molecule has 1 aromatic heterocycles. The summed E-state index contributed by atoms with van der Waals surface area (Å²) in [6.07, 6.45) is 4.47. The summed E-state index contributed by atoms with van der Waals surface area (Å²) in [6, 6.07) is 8.32. The SMILES string of the molecule is CCc1ccccc1Oc1ncc(CNC)cn1. The number of benzene rings is 1. The highest BCUT2D eigenvalue weighted by atomic mass is 16.5. The number of ether oxygens (including phenoxy) is 1. The van der Waals surface area contributed by atoms with E-state index in [4.69, 9.17) is 4.74 Å². The Hall–Kier alpha value is -1.94. The number of para-hydroxylation sites is 1. The van der Waals surface area contributed by atoms with Gasteiger partial charge in [0, 0.05) is 24.5 Å². The number of nitrogens with zero attached hydrogens (tertiary/aromatic N) is 2. The average molecular weight is 243 g/mol. The molecule has 2 aromatic rings. The van der Waals surface area contributed by atoms with Crippen LogP contribution in [0.3, 0.4) is 0 Å². The summed E-state index contributed by atoms with van der Waals surface area (Å²) in [5.41, 5.74) is 2.19. The molecule has 94 valence electrons. The highest BCUT2D eigenvalue weighted by Crippen LogP contribution is 2.22. The summed E-state index contributed by atoms with van der Waals surface area (Å²) < 4.78 is 5.69. The molecule has 1 aromatic carbocycles. The molecule has 0 atom stereocenters. The van der Waals surface area contributed by atoms with Crippen LogP contribution in [0.5, 0.6) is 11.8 Å². The van der Waals surface area contributed by atoms with Crippen molar-refractivity contribution in [1.82, 2.24) is 15.3 Å². The van der Waals surface area contributed by atoms with Crippen molar-refractivity contribution in [2.24, 2.45) is 0 Å². The molecule has 18 heavy (non-hydrogen) atoms. The fourth-order valence-electron chi connectivity index (χ4n) is 1.68. The van der Waals surface area contributed by atoms with Crippen LogP contribution in [0.25, 0.3) is 0 Å². The van der Waals surface area contributed by atoms with Crippen LogP contribution in [0.4, 0.5) is 0 Å². The van der Waals surface area contributed by atoms with Crippen LogP contribution < -0.4 is 10.1 Å². The Labute approximate surface area is 107 Å². The van der Waals surface area contributed by atoms with Gasteiger partial charge in [-0.05, 0) is 25.1 Å². The average Bonchev–Trinajstić information content (AvgIpc) is 2.42. The first-order valence-electron chi connectivity index (χ1n) is 6.04. The number of aryl methyl sites for hydroxylation is 1. The molecule has 0 amide bonds. The second-order valence-electron chi connectivity index (χ2n) is 3.97. The van der Waals surface area contributed by atoms with Gasteiger partial charge in [-0.2, -0.15) is 0 Å². The second kappa shape index (κ2) is 6.12. The number of nitrogens with one attached hydrogen (secondary N) is 1. The van der Waals surface area contributed by atoms with Crippen LogP contribution in [-0.2, 0) is 13.0 Å². The van der Waals surface area contributed by atoms with Gasteiger partial charge in [0.2, 0.25) is 0 Å². The molecule has 0 aliphatic heterocycles. The van der Waals surface area contributed by atoms with E-state index in [0.717, 1.165) is 29.8 Å². The fourth-order valence-corrected chi connectivity index (χ4v) is 1.68. The van der Waals surface area contributed by atoms with Gasteiger partial charge in [-0.25, -0.2) is 9.97 Å². The normalized spacial score (nSPS) is 10.3. The lowest BCUT2D eigenvalue weighted by Crippen LogP contribution is -2.06. The zero-order chi connectivity index (χ0) is 12.8. The van der Waals surface area contributed by atoms with Gasteiger partial charge in [0.15, 0.2) is 0 Å². The van der Waals surface area contributed by atoms with Gasteiger partial charge in [0.05, 0.1) is 0 Å². The summed E-state index contributed by atoms with van der Waals surface area (Å²) in [4.78, 5) is 8.39. The zero-order valence-corrected chi connectivity index (χ0v) is 10.7. The molecule has 4 heteroatoms.